The summed E-state index contributed by atoms with van der Waals surface area (Å²) in [5.41, 5.74) is 5.84. The summed E-state index contributed by atoms with van der Waals surface area (Å²) in [4.78, 5) is 8.99. The molecule has 1 aromatic rings. The summed E-state index contributed by atoms with van der Waals surface area (Å²) in [6.45, 7) is 8.62. The summed E-state index contributed by atoms with van der Waals surface area (Å²) in [7, 11) is 0. The van der Waals surface area contributed by atoms with Crippen LogP contribution in [-0.2, 0) is 5.41 Å². The number of rotatable bonds is 3. The second kappa shape index (κ2) is 5.98. The van der Waals surface area contributed by atoms with Crippen LogP contribution >= 0.6 is 0 Å². The summed E-state index contributed by atoms with van der Waals surface area (Å²) in [5.74, 6) is 3.15. The predicted octanol–water partition coefficient (Wildman–Crippen LogP) is 3.74. The molecule has 2 rings (SSSR count). The van der Waals surface area contributed by atoms with Gasteiger partial charge in [-0.2, -0.15) is 0 Å². The molecule has 0 aliphatic heterocycles. The van der Waals surface area contributed by atoms with Gasteiger partial charge in [0.2, 0.25) is 0 Å². The third-order valence-electron chi connectivity index (χ3n) is 4.19. The van der Waals surface area contributed by atoms with Crippen molar-refractivity contribution in [2.45, 2.75) is 71.3 Å². The lowest BCUT2D eigenvalue weighted by atomic mass is 9.84. The molecule has 1 fully saturated rings. The van der Waals surface area contributed by atoms with Gasteiger partial charge in [-0.25, -0.2) is 9.97 Å². The molecular formula is C16H28N4. The Morgan fingerprint density at radius 2 is 1.85 bits per heavy atom. The molecule has 0 bridgehead atoms. The van der Waals surface area contributed by atoms with E-state index in [4.69, 9.17) is 5.73 Å². The van der Waals surface area contributed by atoms with E-state index in [-0.39, 0.29) is 5.41 Å². The Morgan fingerprint density at radius 1 is 1.20 bits per heavy atom. The van der Waals surface area contributed by atoms with E-state index in [2.05, 4.69) is 43.0 Å². The lowest BCUT2D eigenvalue weighted by Crippen LogP contribution is -2.27. The van der Waals surface area contributed by atoms with Crippen molar-refractivity contribution in [3.63, 3.8) is 0 Å². The van der Waals surface area contributed by atoms with E-state index in [9.17, 15) is 0 Å². The van der Waals surface area contributed by atoms with Crippen molar-refractivity contribution in [2.75, 3.05) is 11.1 Å². The first-order chi connectivity index (χ1) is 9.38. The number of nitrogens with two attached hydrogens (primary N) is 1. The van der Waals surface area contributed by atoms with Crippen LogP contribution in [0.5, 0.6) is 0 Å². The Kier molecular flexibility index (Phi) is 4.51. The standard InChI is InChI=1S/C16H28N4/c1-5-11-6-8-12(9-7-11)18-14-10-13(17)19-15(20-14)16(2,3)4/h10-12H,5-9H2,1-4H3,(H3,17,18,19,20). The van der Waals surface area contributed by atoms with E-state index in [1.807, 2.05) is 6.07 Å². The van der Waals surface area contributed by atoms with Crippen LogP contribution in [0.4, 0.5) is 11.6 Å². The number of nitrogens with zero attached hydrogens (tertiary/aromatic N) is 2. The maximum absolute atomic E-state index is 5.91. The van der Waals surface area contributed by atoms with Gasteiger partial charge < -0.3 is 11.1 Å². The third kappa shape index (κ3) is 3.84. The van der Waals surface area contributed by atoms with Gasteiger partial charge in [-0.1, -0.05) is 34.1 Å². The van der Waals surface area contributed by atoms with Crippen LogP contribution in [0.1, 0.15) is 65.6 Å². The molecule has 3 N–H and O–H groups in total. The fourth-order valence-corrected chi connectivity index (χ4v) is 2.80. The zero-order valence-corrected chi connectivity index (χ0v) is 13.2. The highest BCUT2D eigenvalue weighted by Crippen LogP contribution is 2.29. The Hall–Kier alpha value is -1.32. The normalized spacial score (nSPS) is 23.6. The predicted molar refractivity (Wildman–Crippen MR) is 84.8 cm³/mol. The molecule has 0 amide bonds. The summed E-state index contributed by atoms with van der Waals surface area (Å²) < 4.78 is 0. The van der Waals surface area contributed by atoms with Gasteiger partial charge in [0.25, 0.3) is 0 Å². The largest absolute Gasteiger partial charge is 0.384 e. The topological polar surface area (TPSA) is 63.8 Å². The highest BCUT2D eigenvalue weighted by molar-refractivity contribution is 5.46. The number of aromatic nitrogens is 2. The van der Waals surface area contributed by atoms with Gasteiger partial charge in [-0.3, -0.25) is 0 Å². The molecule has 1 saturated carbocycles. The number of hydrogen-bond donors (Lipinski definition) is 2. The maximum atomic E-state index is 5.91. The molecule has 112 valence electrons. The summed E-state index contributed by atoms with van der Waals surface area (Å²) in [6, 6.07) is 2.38. The highest BCUT2D eigenvalue weighted by Gasteiger charge is 2.22. The Morgan fingerprint density at radius 3 is 2.40 bits per heavy atom. The van der Waals surface area contributed by atoms with Crippen LogP contribution in [0.25, 0.3) is 0 Å². The molecule has 20 heavy (non-hydrogen) atoms. The van der Waals surface area contributed by atoms with Crippen molar-refractivity contribution >= 4 is 11.6 Å². The molecule has 0 atom stereocenters. The smallest absolute Gasteiger partial charge is 0.138 e. The zero-order chi connectivity index (χ0) is 14.8. The Balaban J connectivity index is 2.05. The molecule has 4 nitrogen and oxygen atoms in total. The van der Waals surface area contributed by atoms with Crippen LogP contribution in [0, 0.1) is 5.92 Å². The number of nitrogen functional groups attached to an aromatic ring is 1. The van der Waals surface area contributed by atoms with Gasteiger partial charge >= 0.3 is 0 Å². The lowest BCUT2D eigenvalue weighted by Gasteiger charge is -2.29. The Labute approximate surface area is 122 Å². The minimum absolute atomic E-state index is 0.0777. The van der Waals surface area contributed by atoms with Gasteiger partial charge in [-0.05, 0) is 31.6 Å². The van der Waals surface area contributed by atoms with E-state index in [0.29, 0.717) is 11.9 Å². The van der Waals surface area contributed by atoms with Crippen molar-refractivity contribution < 1.29 is 0 Å². The van der Waals surface area contributed by atoms with Crippen LogP contribution in [0.3, 0.4) is 0 Å². The van der Waals surface area contributed by atoms with Crippen molar-refractivity contribution in [2.24, 2.45) is 5.92 Å². The van der Waals surface area contributed by atoms with Gasteiger partial charge in [0, 0.05) is 17.5 Å². The molecule has 0 radical (unpaired) electrons. The number of hydrogen-bond acceptors (Lipinski definition) is 4. The van der Waals surface area contributed by atoms with Crippen molar-refractivity contribution in [1.82, 2.24) is 9.97 Å². The average molecular weight is 276 g/mol. The monoisotopic (exact) mass is 276 g/mol. The molecule has 1 aliphatic carbocycles. The first kappa shape index (κ1) is 15.1. The van der Waals surface area contributed by atoms with Gasteiger partial charge in [0.05, 0.1) is 0 Å². The fraction of sp³-hybridized carbons (Fsp3) is 0.750. The first-order valence-electron chi connectivity index (χ1n) is 7.80. The minimum atomic E-state index is -0.0777. The second-order valence-electron chi connectivity index (χ2n) is 7.02. The van der Waals surface area contributed by atoms with E-state index in [1.54, 1.807) is 0 Å². The molecule has 1 aliphatic rings. The van der Waals surface area contributed by atoms with Gasteiger partial charge in [0.15, 0.2) is 0 Å². The van der Waals surface area contributed by atoms with Crippen molar-refractivity contribution in [3.8, 4) is 0 Å². The molecule has 1 aromatic heterocycles. The molecule has 4 heteroatoms. The maximum Gasteiger partial charge on any atom is 0.138 e. The number of nitrogens with one attached hydrogen (secondary N) is 1. The van der Waals surface area contributed by atoms with Crippen LogP contribution < -0.4 is 11.1 Å². The van der Waals surface area contributed by atoms with Gasteiger partial charge in [0.1, 0.15) is 17.5 Å². The zero-order valence-electron chi connectivity index (χ0n) is 13.2. The third-order valence-corrected chi connectivity index (χ3v) is 4.19. The van der Waals surface area contributed by atoms with E-state index in [0.717, 1.165) is 17.6 Å². The lowest BCUT2D eigenvalue weighted by molar-refractivity contribution is 0.329. The quantitative estimate of drug-likeness (QED) is 0.882. The van der Waals surface area contributed by atoms with Crippen LogP contribution in [0.2, 0.25) is 0 Å². The van der Waals surface area contributed by atoms with E-state index < -0.39 is 0 Å². The molecule has 0 aromatic carbocycles. The minimum Gasteiger partial charge on any atom is -0.384 e. The molecule has 0 spiro atoms. The van der Waals surface area contributed by atoms with Gasteiger partial charge in [-0.15, -0.1) is 0 Å². The Bertz CT molecular complexity index is 442. The van der Waals surface area contributed by atoms with E-state index in [1.165, 1.54) is 32.1 Å². The molecule has 1 heterocycles. The highest BCUT2D eigenvalue weighted by atomic mass is 15.1. The van der Waals surface area contributed by atoms with Crippen molar-refractivity contribution in [1.29, 1.82) is 0 Å². The van der Waals surface area contributed by atoms with E-state index >= 15 is 0 Å². The fourth-order valence-electron chi connectivity index (χ4n) is 2.80. The van der Waals surface area contributed by atoms with Crippen LogP contribution in [-0.4, -0.2) is 16.0 Å². The molecular weight excluding hydrogens is 248 g/mol. The molecule has 0 unspecified atom stereocenters. The SMILES string of the molecule is CCC1CCC(Nc2cc(N)nc(C(C)(C)C)n2)CC1. The summed E-state index contributed by atoms with van der Waals surface area (Å²) in [6.07, 6.45) is 6.41. The average Bonchev–Trinajstić information content (AvgIpc) is 2.38. The van der Waals surface area contributed by atoms with Crippen molar-refractivity contribution in [3.05, 3.63) is 11.9 Å². The summed E-state index contributed by atoms with van der Waals surface area (Å²) >= 11 is 0. The second-order valence-corrected chi connectivity index (χ2v) is 7.02. The van der Waals surface area contributed by atoms with Crippen LogP contribution in [0.15, 0.2) is 6.07 Å². The summed E-state index contributed by atoms with van der Waals surface area (Å²) in [5, 5.41) is 3.55. The molecule has 0 saturated heterocycles. The number of anilines is 2. The first-order valence-corrected chi connectivity index (χ1v) is 7.80.